The van der Waals surface area contributed by atoms with Crippen molar-refractivity contribution in [1.29, 1.82) is 0 Å². The van der Waals surface area contributed by atoms with E-state index >= 15 is 0 Å². The number of hydrogen-bond acceptors (Lipinski definition) is 7. The number of rotatable bonds is 7. The third kappa shape index (κ3) is 4.74. The van der Waals surface area contributed by atoms with E-state index in [1.54, 1.807) is 23.5 Å². The summed E-state index contributed by atoms with van der Waals surface area (Å²) in [5.41, 5.74) is 2.81. The maximum absolute atomic E-state index is 13.1. The Balaban J connectivity index is 1.45. The molecule has 176 valence electrons. The fraction of sp³-hybridized carbons (Fsp3) is 0.417. The first-order chi connectivity index (χ1) is 15.8. The topological polar surface area (TPSA) is 94.8 Å². The predicted molar refractivity (Wildman–Crippen MR) is 124 cm³/mol. The molecular weight excluding hydrogens is 442 g/mol. The number of aryl methyl sites for hydroxylation is 2. The van der Waals surface area contributed by atoms with Crippen LogP contribution in [0.2, 0.25) is 0 Å². The van der Waals surface area contributed by atoms with Crippen LogP contribution in [0.3, 0.4) is 0 Å². The van der Waals surface area contributed by atoms with Gasteiger partial charge in [-0.3, -0.25) is 0 Å². The van der Waals surface area contributed by atoms with E-state index < -0.39 is 10.0 Å². The molecular formula is C24H29N3O5S. The molecule has 2 heterocycles. The van der Waals surface area contributed by atoms with Crippen molar-refractivity contribution in [3.63, 3.8) is 0 Å². The van der Waals surface area contributed by atoms with E-state index in [1.165, 1.54) is 0 Å². The van der Waals surface area contributed by atoms with E-state index in [1.807, 2.05) is 45.0 Å². The molecule has 0 N–H and O–H groups in total. The van der Waals surface area contributed by atoms with Gasteiger partial charge in [-0.05, 0) is 75.1 Å². The highest BCUT2D eigenvalue weighted by atomic mass is 32.2. The lowest BCUT2D eigenvalue weighted by Gasteiger charge is -2.29. The van der Waals surface area contributed by atoms with Crippen molar-refractivity contribution in [2.75, 3.05) is 26.8 Å². The van der Waals surface area contributed by atoms with Crippen molar-refractivity contribution < 1.29 is 22.4 Å². The van der Waals surface area contributed by atoms with Gasteiger partial charge < -0.3 is 14.0 Å². The largest absolute Gasteiger partial charge is 0.493 e. The Kier molecular flexibility index (Phi) is 6.71. The molecule has 0 amide bonds. The molecule has 0 aliphatic carbocycles. The summed E-state index contributed by atoms with van der Waals surface area (Å²) in [6.07, 6.45) is 1.25. The Bertz CT molecular complexity index is 1230. The molecule has 9 heteroatoms. The second-order valence-corrected chi connectivity index (χ2v) is 10.1. The molecule has 4 rings (SSSR count). The smallest absolute Gasteiger partial charge is 0.243 e. The normalized spacial score (nSPS) is 15.5. The second kappa shape index (κ2) is 9.52. The van der Waals surface area contributed by atoms with Crippen LogP contribution < -0.4 is 9.47 Å². The molecule has 2 aromatic carbocycles. The van der Waals surface area contributed by atoms with Crippen LogP contribution >= 0.6 is 0 Å². The van der Waals surface area contributed by atoms with Crippen LogP contribution in [0.1, 0.15) is 42.7 Å². The Morgan fingerprint density at radius 3 is 2.48 bits per heavy atom. The zero-order valence-electron chi connectivity index (χ0n) is 19.4. The van der Waals surface area contributed by atoms with E-state index in [9.17, 15) is 8.42 Å². The van der Waals surface area contributed by atoms with E-state index in [-0.39, 0.29) is 5.92 Å². The second-order valence-electron chi connectivity index (χ2n) is 8.18. The summed E-state index contributed by atoms with van der Waals surface area (Å²) in [5.74, 6) is 2.27. The van der Waals surface area contributed by atoms with Gasteiger partial charge in [-0.1, -0.05) is 11.2 Å². The molecule has 0 atom stereocenters. The molecule has 1 saturated heterocycles. The van der Waals surface area contributed by atoms with Crippen LogP contribution in [0.5, 0.6) is 11.5 Å². The average molecular weight is 472 g/mol. The van der Waals surface area contributed by atoms with Crippen molar-refractivity contribution in [2.45, 2.75) is 44.4 Å². The molecule has 0 saturated carbocycles. The van der Waals surface area contributed by atoms with Crippen LogP contribution in [-0.2, 0) is 10.0 Å². The summed E-state index contributed by atoms with van der Waals surface area (Å²) in [7, 11) is -1.93. The summed E-state index contributed by atoms with van der Waals surface area (Å²) in [4.78, 5) is 4.92. The molecule has 0 spiro atoms. The highest BCUT2D eigenvalue weighted by Gasteiger charge is 2.32. The van der Waals surface area contributed by atoms with Crippen molar-refractivity contribution in [1.82, 2.24) is 14.4 Å². The summed E-state index contributed by atoms with van der Waals surface area (Å²) in [6, 6.07) is 10.8. The lowest BCUT2D eigenvalue weighted by molar-refractivity contribution is 0.271. The van der Waals surface area contributed by atoms with Crippen LogP contribution in [0, 0.1) is 13.8 Å². The zero-order chi connectivity index (χ0) is 23.6. The summed E-state index contributed by atoms with van der Waals surface area (Å²) in [6.45, 7) is 7.17. The Morgan fingerprint density at radius 1 is 1.06 bits per heavy atom. The van der Waals surface area contributed by atoms with Crippen molar-refractivity contribution in [3.05, 3.63) is 53.4 Å². The molecule has 3 aromatic rings. The number of piperidine rings is 1. The lowest BCUT2D eigenvalue weighted by atomic mass is 9.98. The zero-order valence-corrected chi connectivity index (χ0v) is 20.2. The maximum atomic E-state index is 13.1. The quantitative estimate of drug-likeness (QED) is 0.506. The number of sulfonamides is 1. The minimum atomic E-state index is -3.52. The molecule has 0 bridgehead atoms. The van der Waals surface area contributed by atoms with Gasteiger partial charge in [0.2, 0.25) is 21.7 Å². The first-order valence-corrected chi connectivity index (χ1v) is 12.5. The maximum Gasteiger partial charge on any atom is 0.243 e. The highest BCUT2D eigenvalue weighted by molar-refractivity contribution is 7.89. The van der Waals surface area contributed by atoms with Crippen LogP contribution in [0.15, 0.2) is 45.8 Å². The van der Waals surface area contributed by atoms with E-state index in [0.29, 0.717) is 60.6 Å². The first kappa shape index (κ1) is 23.3. The minimum absolute atomic E-state index is 0.0158. The lowest BCUT2D eigenvalue weighted by Crippen LogP contribution is -2.38. The number of methoxy groups -OCH3 is 1. The molecule has 8 nitrogen and oxygen atoms in total. The standard InChI is InChI=1S/C24H29N3O5S/c1-5-31-21-9-7-19(15-22(21)30-4)23-25-24(32-26-23)18-10-12-27(13-11-18)33(28,29)20-8-6-16(2)17(3)14-20/h6-9,14-15,18H,5,10-13H2,1-4H3. The first-order valence-electron chi connectivity index (χ1n) is 11.1. The van der Waals surface area contributed by atoms with Gasteiger partial charge in [0.05, 0.1) is 18.6 Å². The Labute approximate surface area is 194 Å². The van der Waals surface area contributed by atoms with Crippen molar-refractivity contribution in [3.8, 4) is 22.9 Å². The van der Waals surface area contributed by atoms with Gasteiger partial charge in [-0.25, -0.2) is 8.42 Å². The molecule has 1 aliphatic rings. The van der Waals surface area contributed by atoms with Crippen molar-refractivity contribution >= 4 is 10.0 Å². The number of benzene rings is 2. The predicted octanol–water partition coefficient (Wildman–Crippen LogP) is 4.33. The van der Waals surface area contributed by atoms with E-state index in [0.717, 1.165) is 16.7 Å². The van der Waals surface area contributed by atoms with Gasteiger partial charge in [-0.15, -0.1) is 0 Å². The number of nitrogens with zero attached hydrogens (tertiary/aromatic N) is 3. The molecule has 0 radical (unpaired) electrons. The molecule has 33 heavy (non-hydrogen) atoms. The third-order valence-corrected chi connectivity index (χ3v) is 7.98. The van der Waals surface area contributed by atoms with Gasteiger partial charge >= 0.3 is 0 Å². The van der Waals surface area contributed by atoms with Crippen LogP contribution in [0.4, 0.5) is 0 Å². The Hall–Kier alpha value is -2.91. The Morgan fingerprint density at radius 2 is 1.82 bits per heavy atom. The van der Waals surface area contributed by atoms with Crippen LogP contribution in [0.25, 0.3) is 11.4 Å². The summed E-state index contributed by atoms with van der Waals surface area (Å²) in [5, 5.41) is 4.13. The van der Waals surface area contributed by atoms with E-state index in [4.69, 9.17) is 14.0 Å². The van der Waals surface area contributed by atoms with E-state index in [2.05, 4.69) is 10.1 Å². The van der Waals surface area contributed by atoms with Gasteiger partial charge in [-0.2, -0.15) is 9.29 Å². The van der Waals surface area contributed by atoms with Gasteiger partial charge in [0, 0.05) is 24.6 Å². The molecule has 0 unspecified atom stereocenters. The number of ether oxygens (including phenoxy) is 2. The molecule has 1 aromatic heterocycles. The SMILES string of the molecule is CCOc1ccc(-c2noc(C3CCN(S(=O)(=O)c4ccc(C)c(C)c4)CC3)n2)cc1OC. The molecule has 1 fully saturated rings. The highest BCUT2D eigenvalue weighted by Crippen LogP contribution is 2.34. The fourth-order valence-electron chi connectivity index (χ4n) is 3.97. The average Bonchev–Trinajstić information content (AvgIpc) is 3.31. The fourth-order valence-corrected chi connectivity index (χ4v) is 5.52. The number of hydrogen-bond donors (Lipinski definition) is 0. The van der Waals surface area contributed by atoms with Gasteiger partial charge in [0.25, 0.3) is 0 Å². The van der Waals surface area contributed by atoms with Gasteiger partial charge in [0.1, 0.15) is 0 Å². The summed E-state index contributed by atoms with van der Waals surface area (Å²) >= 11 is 0. The molecule has 1 aliphatic heterocycles. The monoisotopic (exact) mass is 471 g/mol. The third-order valence-electron chi connectivity index (χ3n) is 6.08. The van der Waals surface area contributed by atoms with Crippen LogP contribution in [-0.4, -0.2) is 49.7 Å². The van der Waals surface area contributed by atoms with Gasteiger partial charge in [0.15, 0.2) is 11.5 Å². The summed E-state index contributed by atoms with van der Waals surface area (Å²) < 4.78 is 44.2. The minimum Gasteiger partial charge on any atom is -0.493 e. The van der Waals surface area contributed by atoms with Crippen molar-refractivity contribution in [2.24, 2.45) is 0 Å². The number of aromatic nitrogens is 2.